The van der Waals surface area contributed by atoms with Gasteiger partial charge in [0.25, 0.3) is 0 Å². The van der Waals surface area contributed by atoms with E-state index in [1.807, 2.05) is 0 Å². The van der Waals surface area contributed by atoms with E-state index in [-0.39, 0.29) is 29.3 Å². The third-order valence-electron chi connectivity index (χ3n) is 8.93. The highest BCUT2D eigenvalue weighted by Gasteiger charge is 2.40. The number of rotatable bonds is 9. The van der Waals surface area contributed by atoms with Gasteiger partial charge >= 0.3 is 0 Å². The molecule has 0 spiro atoms. The van der Waals surface area contributed by atoms with Gasteiger partial charge in [-0.1, -0.05) is 12.8 Å². The molecule has 2 saturated carbocycles. The highest BCUT2D eigenvalue weighted by atomic mass is 19.1. The molecule has 0 radical (unpaired) electrons. The average Bonchev–Trinajstić information content (AvgIpc) is 3.32. The second-order valence-corrected chi connectivity index (χ2v) is 10.9. The fourth-order valence-corrected chi connectivity index (χ4v) is 6.83. The van der Waals surface area contributed by atoms with Gasteiger partial charge in [0.1, 0.15) is 5.82 Å². The van der Waals surface area contributed by atoms with Crippen molar-refractivity contribution in [2.45, 2.75) is 70.3 Å². The first-order chi connectivity index (χ1) is 16.4. The Morgan fingerprint density at radius 2 is 1.65 bits per heavy atom. The Bertz CT molecular complexity index is 813. The number of amides is 1. The Morgan fingerprint density at radius 1 is 1.00 bits per heavy atom. The number of ether oxygens (including phenoxy) is 1. The van der Waals surface area contributed by atoms with Crippen molar-refractivity contribution in [2.24, 2.45) is 35.3 Å². The van der Waals surface area contributed by atoms with Crippen LogP contribution in [0.3, 0.4) is 0 Å². The summed E-state index contributed by atoms with van der Waals surface area (Å²) in [5.41, 5.74) is 6.50. The van der Waals surface area contributed by atoms with Gasteiger partial charge in [-0.25, -0.2) is 4.39 Å². The molecule has 188 valence electrons. The number of benzene rings is 1. The minimum Gasteiger partial charge on any atom is -0.381 e. The topological polar surface area (TPSA) is 72.6 Å². The molecule has 5 nitrogen and oxygen atoms in total. The van der Waals surface area contributed by atoms with Gasteiger partial charge in [-0.3, -0.25) is 9.59 Å². The van der Waals surface area contributed by atoms with E-state index in [0.29, 0.717) is 23.5 Å². The van der Waals surface area contributed by atoms with Gasteiger partial charge in [-0.15, -0.1) is 0 Å². The summed E-state index contributed by atoms with van der Waals surface area (Å²) in [4.78, 5) is 27.5. The fourth-order valence-electron chi connectivity index (χ4n) is 6.83. The number of nitrogens with two attached hydrogens (primary N) is 1. The maximum absolute atomic E-state index is 13.1. The first kappa shape index (κ1) is 25.3. The predicted octanol–water partition coefficient (Wildman–Crippen LogP) is 4.83. The molecule has 1 aromatic carbocycles. The van der Waals surface area contributed by atoms with Gasteiger partial charge < -0.3 is 15.4 Å². The molecule has 1 unspecified atom stereocenters. The standard InChI is InChI=1S/C28H41FN2O3/c1-34-25-11-8-23(18-25)26(28(30)33)20-4-2-19(3-5-20)12-15-31-16-13-22(14-17-31)27(32)21-6-9-24(29)10-7-21/h6-7,9-10,19-20,22-23,25-26H,2-5,8,11-18H2,1H3,(H2,30,33)/t19?,20?,23-,25+,26?/m1/s1. The summed E-state index contributed by atoms with van der Waals surface area (Å²) in [5, 5.41) is 0. The number of carbonyl (C=O) groups excluding carboxylic acids is 2. The largest absolute Gasteiger partial charge is 0.381 e. The Morgan fingerprint density at radius 3 is 2.24 bits per heavy atom. The lowest BCUT2D eigenvalue weighted by Crippen LogP contribution is -2.39. The van der Waals surface area contributed by atoms with Crippen LogP contribution in [0.5, 0.6) is 0 Å². The van der Waals surface area contributed by atoms with Gasteiger partial charge in [0.05, 0.1) is 6.10 Å². The van der Waals surface area contributed by atoms with E-state index in [2.05, 4.69) is 4.90 Å². The molecule has 3 atom stereocenters. The number of likely N-dealkylation sites (tertiary alicyclic amines) is 1. The quantitative estimate of drug-likeness (QED) is 0.522. The first-order valence-electron chi connectivity index (χ1n) is 13.3. The lowest BCUT2D eigenvalue weighted by molar-refractivity contribution is -0.126. The van der Waals surface area contributed by atoms with Gasteiger partial charge in [0.2, 0.25) is 5.91 Å². The van der Waals surface area contributed by atoms with Gasteiger partial charge in [-0.05, 0) is 113 Å². The molecular weight excluding hydrogens is 431 g/mol. The molecule has 0 bridgehead atoms. The molecule has 3 aliphatic rings. The van der Waals surface area contributed by atoms with Crippen molar-refractivity contribution < 1.29 is 18.7 Å². The number of hydrogen-bond acceptors (Lipinski definition) is 4. The maximum atomic E-state index is 13.1. The number of methoxy groups -OCH3 is 1. The highest BCUT2D eigenvalue weighted by molar-refractivity contribution is 5.97. The van der Waals surface area contributed by atoms with Crippen molar-refractivity contribution in [3.05, 3.63) is 35.6 Å². The highest BCUT2D eigenvalue weighted by Crippen LogP contribution is 2.43. The SMILES string of the molecule is CO[C@H]1CC[C@@H](C(C(N)=O)C2CCC(CCN3CCC(C(=O)c4ccc(F)cc4)CC3)CC2)C1. The summed E-state index contributed by atoms with van der Waals surface area (Å²) >= 11 is 0. The van der Waals surface area contributed by atoms with Gasteiger partial charge in [0, 0.05) is 24.5 Å². The van der Waals surface area contributed by atoms with Crippen molar-refractivity contribution >= 4 is 11.7 Å². The number of piperidine rings is 1. The maximum Gasteiger partial charge on any atom is 0.221 e. The predicted molar refractivity (Wildman–Crippen MR) is 131 cm³/mol. The van der Waals surface area contributed by atoms with Crippen LogP contribution in [0.25, 0.3) is 0 Å². The lowest BCUT2D eigenvalue weighted by atomic mass is 9.70. The van der Waals surface area contributed by atoms with Crippen molar-refractivity contribution in [3.8, 4) is 0 Å². The summed E-state index contributed by atoms with van der Waals surface area (Å²) in [6.45, 7) is 3.00. The van der Waals surface area contributed by atoms with Crippen LogP contribution in [-0.4, -0.2) is 49.4 Å². The molecule has 1 aliphatic heterocycles. The molecule has 1 aromatic rings. The van der Waals surface area contributed by atoms with Crippen LogP contribution in [-0.2, 0) is 9.53 Å². The van der Waals surface area contributed by atoms with Crippen LogP contribution in [0.2, 0.25) is 0 Å². The molecule has 2 N–H and O–H groups in total. The summed E-state index contributed by atoms with van der Waals surface area (Å²) in [7, 11) is 1.77. The van der Waals surface area contributed by atoms with E-state index in [4.69, 9.17) is 10.5 Å². The number of carbonyl (C=O) groups is 2. The zero-order chi connectivity index (χ0) is 24.1. The van der Waals surface area contributed by atoms with Crippen LogP contribution in [0.15, 0.2) is 24.3 Å². The molecule has 4 rings (SSSR count). The first-order valence-corrected chi connectivity index (χ1v) is 13.3. The van der Waals surface area contributed by atoms with Crippen molar-refractivity contribution in [1.29, 1.82) is 0 Å². The molecule has 3 fully saturated rings. The van der Waals surface area contributed by atoms with Crippen LogP contribution < -0.4 is 5.73 Å². The summed E-state index contributed by atoms with van der Waals surface area (Å²) < 4.78 is 18.7. The number of primary amides is 1. The van der Waals surface area contributed by atoms with Gasteiger partial charge in [-0.2, -0.15) is 0 Å². The van der Waals surface area contributed by atoms with Crippen LogP contribution in [0.4, 0.5) is 4.39 Å². The van der Waals surface area contributed by atoms with E-state index in [1.54, 1.807) is 19.2 Å². The molecule has 1 saturated heterocycles. The van der Waals surface area contributed by atoms with E-state index in [9.17, 15) is 14.0 Å². The van der Waals surface area contributed by atoms with Crippen LogP contribution >= 0.6 is 0 Å². The third kappa shape index (κ3) is 6.25. The zero-order valence-electron chi connectivity index (χ0n) is 20.6. The minimum atomic E-state index is -0.302. The van der Waals surface area contributed by atoms with Gasteiger partial charge in [0.15, 0.2) is 5.78 Å². The van der Waals surface area contributed by atoms with E-state index in [1.165, 1.54) is 31.4 Å². The van der Waals surface area contributed by atoms with Crippen LogP contribution in [0.1, 0.15) is 74.6 Å². The normalized spacial score (nSPS) is 29.7. The number of nitrogens with zero attached hydrogens (tertiary/aromatic N) is 1. The Labute approximate surface area is 203 Å². The van der Waals surface area contributed by atoms with E-state index < -0.39 is 0 Å². The second-order valence-electron chi connectivity index (χ2n) is 10.9. The smallest absolute Gasteiger partial charge is 0.221 e. The Hall–Kier alpha value is -1.79. The summed E-state index contributed by atoms with van der Waals surface area (Å²) in [6, 6.07) is 5.94. The lowest BCUT2D eigenvalue weighted by Gasteiger charge is -2.36. The zero-order valence-corrected chi connectivity index (χ0v) is 20.6. The molecule has 1 amide bonds. The number of Topliss-reactive ketones (excluding diaryl/α,β-unsaturated/α-hetero) is 1. The third-order valence-corrected chi connectivity index (χ3v) is 8.93. The Kier molecular flexibility index (Phi) is 8.75. The minimum absolute atomic E-state index is 0.0128. The molecule has 2 aliphatic carbocycles. The molecule has 1 heterocycles. The molecule has 0 aromatic heterocycles. The summed E-state index contributed by atoms with van der Waals surface area (Å²) in [6.07, 6.45) is 10.9. The van der Waals surface area contributed by atoms with E-state index >= 15 is 0 Å². The van der Waals surface area contributed by atoms with Crippen molar-refractivity contribution in [2.75, 3.05) is 26.7 Å². The number of halogens is 1. The summed E-state index contributed by atoms with van der Waals surface area (Å²) in [5.74, 6) is 1.35. The van der Waals surface area contributed by atoms with Crippen LogP contribution in [0, 0.1) is 35.4 Å². The second kappa shape index (κ2) is 11.8. The molecular formula is C28H41FN2O3. The van der Waals surface area contributed by atoms with E-state index in [0.717, 1.165) is 70.5 Å². The molecule has 6 heteroatoms. The number of ketones is 1. The fraction of sp³-hybridized carbons (Fsp3) is 0.714. The average molecular weight is 473 g/mol. The van der Waals surface area contributed by atoms with Crippen molar-refractivity contribution in [3.63, 3.8) is 0 Å². The van der Waals surface area contributed by atoms with Crippen molar-refractivity contribution in [1.82, 2.24) is 4.90 Å². The molecule has 34 heavy (non-hydrogen) atoms. The number of hydrogen-bond donors (Lipinski definition) is 1. The monoisotopic (exact) mass is 472 g/mol. The Balaban J connectivity index is 1.17.